The van der Waals surface area contributed by atoms with Gasteiger partial charge in [0, 0.05) is 16.6 Å². The normalized spacial score (nSPS) is 16.8. The van der Waals surface area contributed by atoms with Crippen LogP contribution in [0.25, 0.3) is 11.3 Å². The van der Waals surface area contributed by atoms with Gasteiger partial charge in [-0.2, -0.15) is 0 Å². The second kappa shape index (κ2) is 7.36. The molecular formula is C18H21ClN2O3. The molecule has 0 aliphatic heterocycles. The molecule has 0 radical (unpaired) electrons. The summed E-state index contributed by atoms with van der Waals surface area (Å²) < 4.78 is 5.29. The van der Waals surface area contributed by atoms with E-state index in [1.54, 1.807) is 31.2 Å². The lowest BCUT2D eigenvalue weighted by Gasteiger charge is -2.22. The van der Waals surface area contributed by atoms with Crippen molar-refractivity contribution in [3.05, 3.63) is 40.6 Å². The number of hydrogen-bond donors (Lipinski definition) is 2. The maximum Gasteiger partial charge on any atom is 0.290 e. The number of carbonyl (C=O) groups is 1. The Balaban J connectivity index is 1.88. The van der Waals surface area contributed by atoms with E-state index in [1.807, 2.05) is 0 Å². The molecule has 2 aromatic rings. The summed E-state index contributed by atoms with van der Waals surface area (Å²) in [5.74, 6) is -0.231. The van der Waals surface area contributed by atoms with Gasteiger partial charge in [-0.15, -0.1) is 0 Å². The number of amides is 1. The molecule has 0 saturated heterocycles. The van der Waals surface area contributed by atoms with E-state index in [1.165, 1.54) is 6.42 Å². The summed E-state index contributed by atoms with van der Waals surface area (Å²) in [6.45, 7) is 1.60. The van der Waals surface area contributed by atoms with Gasteiger partial charge >= 0.3 is 0 Å². The van der Waals surface area contributed by atoms with Gasteiger partial charge in [0.1, 0.15) is 5.69 Å². The molecule has 1 aromatic carbocycles. The van der Waals surface area contributed by atoms with Crippen molar-refractivity contribution < 1.29 is 14.4 Å². The number of aromatic nitrogens is 1. The van der Waals surface area contributed by atoms with Crippen LogP contribution >= 0.6 is 11.6 Å². The molecule has 128 valence electrons. The van der Waals surface area contributed by atoms with E-state index in [-0.39, 0.29) is 17.7 Å². The fourth-order valence-electron chi connectivity index (χ4n) is 3.16. The number of nitrogens with zero attached hydrogens (tertiary/aromatic N) is 1. The van der Waals surface area contributed by atoms with Gasteiger partial charge in [-0.25, -0.2) is 0 Å². The molecule has 2 N–H and O–H groups in total. The first-order valence-corrected chi connectivity index (χ1v) is 8.68. The Hall–Kier alpha value is -1.85. The highest BCUT2D eigenvalue weighted by Gasteiger charge is 2.28. The number of aliphatic hydroxyl groups excluding tert-OH is 1. The molecule has 1 saturated carbocycles. The fourth-order valence-corrected chi connectivity index (χ4v) is 3.29. The number of aliphatic hydroxyl groups is 1. The third-order valence-corrected chi connectivity index (χ3v) is 4.66. The Kier molecular flexibility index (Phi) is 5.21. The zero-order valence-electron chi connectivity index (χ0n) is 13.6. The van der Waals surface area contributed by atoms with E-state index < -0.39 is 6.10 Å². The van der Waals surface area contributed by atoms with Gasteiger partial charge in [-0.05, 0) is 31.9 Å². The lowest BCUT2D eigenvalue weighted by Crippen LogP contribution is -2.36. The minimum Gasteiger partial charge on any atom is -0.388 e. The molecule has 1 aliphatic carbocycles. The summed E-state index contributed by atoms with van der Waals surface area (Å²) in [6.07, 6.45) is 4.56. The van der Waals surface area contributed by atoms with Gasteiger partial charge in [-0.3, -0.25) is 4.79 Å². The van der Waals surface area contributed by atoms with Gasteiger partial charge in [0.2, 0.25) is 5.76 Å². The predicted molar refractivity (Wildman–Crippen MR) is 91.9 cm³/mol. The summed E-state index contributed by atoms with van der Waals surface area (Å²) in [5.41, 5.74) is 1.62. The number of hydrogen-bond acceptors (Lipinski definition) is 4. The van der Waals surface area contributed by atoms with Crippen molar-refractivity contribution in [3.63, 3.8) is 0 Å². The van der Waals surface area contributed by atoms with Crippen molar-refractivity contribution in [1.29, 1.82) is 0 Å². The Morgan fingerprint density at radius 3 is 2.58 bits per heavy atom. The second-order valence-corrected chi connectivity index (χ2v) is 6.70. The maximum absolute atomic E-state index is 12.6. The smallest absolute Gasteiger partial charge is 0.290 e. The first kappa shape index (κ1) is 17.0. The van der Waals surface area contributed by atoms with E-state index in [0.29, 0.717) is 16.3 Å². The van der Waals surface area contributed by atoms with Crippen LogP contribution in [0.2, 0.25) is 5.02 Å². The molecule has 0 bridgehead atoms. The Morgan fingerprint density at radius 1 is 1.29 bits per heavy atom. The SMILES string of the molecule is CC(O)c1c(-c2ccc(Cl)cc2)noc1C(=O)NC1CCCCC1. The average Bonchev–Trinajstić information content (AvgIpc) is 3.02. The highest BCUT2D eigenvalue weighted by Crippen LogP contribution is 2.31. The van der Waals surface area contributed by atoms with Gasteiger partial charge in [0.25, 0.3) is 5.91 Å². The van der Waals surface area contributed by atoms with E-state index >= 15 is 0 Å². The van der Waals surface area contributed by atoms with Crippen molar-refractivity contribution in [2.45, 2.75) is 51.2 Å². The van der Waals surface area contributed by atoms with Gasteiger partial charge < -0.3 is 14.9 Å². The molecule has 1 aliphatic rings. The molecule has 1 aromatic heterocycles. The van der Waals surface area contributed by atoms with E-state index in [0.717, 1.165) is 31.2 Å². The van der Waals surface area contributed by atoms with Crippen molar-refractivity contribution in [3.8, 4) is 11.3 Å². The van der Waals surface area contributed by atoms with E-state index in [2.05, 4.69) is 10.5 Å². The molecule has 1 heterocycles. The van der Waals surface area contributed by atoms with Crippen LogP contribution in [0.3, 0.4) is 0 Å². The first-order chi connectivity index (χ1) is 11.6. The number of nitrogens with one attached hydrogen (secondary N) is 1. The van der Waals surface area contributed by atoms with Crippen molar-refractivity contribution in [2.75, 3.05) is 0 Å². The van der Waals surface area contributed by atoms with Crippen molar-refractivity contribution in [2.24, 2.45) is 0 Å². The number of carbonyl (C=O) groups excluding carboxylic acids is 1. The van der Waals surface area contributed by atoms with Gasteiger partial charge in [0.05, 0.1) is 11.7 Å². The average molecular weight is 349 g/mol. The van der Waals surface area contributed by atoms with Gasteiger partial charge in [-0.1, -0.05) is 48.2 Å². The molecule has 1 unspecified atom stereocenters. The standard InChI is InChI=1S/C18H21ClN2O3/c1-11(22)15-16(12-7-9-13(19)10-8-12)21-24-17(15)18(23)20-14-5-3-2-4-6-14/h7-11,14,22H,2-6H2,1H3,(H,20,23). The zero-order valence-corrected chi connectivity index (χ0v) is 14.3. The minimum atomic E-state index is -0.867. The molecule has 3 rings (SSSR count). The van der Waals surface area contributed by atoms with Crippen LogP contribution in [-0.2, 0) is 0 Å². The Labute approximate surface area is 146 Å². The summed E-state index contributed by atoms with van der Waals surface area (Å²) in [4.78, 5) is 12.6. The Bertz CT molecular complexity index is 704. The number of halogens is 1. The van der Waals surface area contributed by atoms with Crippen LogP contribution in [-0.4, -0.2) is 22.2 Å². The fraction of sp³-hybridized carbons (Fsp3) is 0.444. The largest absolute Gasteiger partial charge is 0.388 e. The van der Waals surface area contributed by atoms with Crippen molar-refractivity contribution >= 4 is 17.5 Å². The highest BCUT2D eigenvalue weighted by atomic mass is 35.5. The maximum atomic E-state index is 12.6. The number of benzene rings is 1. The summed E-state index contributed by atoms with van der Waals surface area (Å²) in [5, 5.41) is 17.8. The summed E-state index contributed by atoms with van der Waals surface area (Å²) in [7, 11) is 0. The number of rotatable bonds is 4. The van der Waals surface area contributed by atoms with E-state index in [9.17, 15) is 9.90 Å². The molecule has 24 heavy (non-hydrogen) atoms. The molecule has 1 amide bonds. The summed E-state index contributed by atoms with van der Waals surface area (Å²) in [6, 6.07) is 7.21. The van der Waals surface area contributed by atoms with E-state index in [4.69, 9.17) is 16.1 Å². The van der Waals surface area contributed by atoms with Crippen LogP contribution in [0, 0.1) is 0 Å². The zero-order chi connectivity index (χ0) is 17.1. The van der Waals surface area contributed by atoms with Crippen LogP contribution < -0.4 is 5.32 Å². The van der Waals surface area contributed by atoms with Crippen molar-refractivity contribution in [1.82, 2.24) is 10.5 Å². The first-order valence-electron chi connectivity index (χ1n) is 8.30. The molecule has 0 spiro atoms. The molecule has 1 fully saturated rings. The topological polar surface area (TPSA) is 75.4 Å². The highest BCUT2D eigenvalue weighted by molar-refractivity contribution is 6.30. The van der Waals surface area contributed by atoms with Crippen LogP contribution in [0.5, 0.6) is 0 Å². The van der Waals surface area contributed by atoms with Crippen LogP contribution in [0.4, 0.5) is 0 Å². The summed E-state index contributed by atoms with van der Waals surface area (Å²) >= 11 is 5.91. The lowest BCUT2D eigenvalue weighted by molar-refractivity contribution is 0.0881. The monoisotopic (exact) mass is 348 g/mol. The second-order valence-electron chi connectivity index (χ2n) is 6.27. The third-order valence-electron chi connectivity index (χ3n) is 4.41. The molecular weight excluding hydrogens is 328 g/mol. The molecule has 5 nitrogen and oxygen atoms in total. The quantitative estimate of drug-likeness (QED) is 0.871. The van der Waals surface area contributed by atoms with Crippen LogP contribution in [0.15, 0.2) is 28.8 Å². The predicted octanol–water partition coefficient (Wildman–Crippen LogP) is 4.11. The lowest BCUT2D eigenvalue weighted by atomic mass is 9.95. The molecule has 1 atom stereocenters. The Morgan fingerprint density at radius 2 is 1.96 bits per heavy atom. The third kappa shape index (κ3) is 3.62. The molecule has 6 heteroatoms. The van der Waals surface area contributed by atoms with Crippen LogP contribution in [0.1, 0.15) is 61.3 Å². The van der Waals surface area contributed by atoms with Gasteiger partial charge in [0.15, 0.2) is 0 Å². The minimum absolute atomic E-state index is 0.0838.